The molecule has 0 unspecified atom stereocenters. The van der Waals surface area contributed by atoms with Crippen LogP contribution in [0.3, 0.4) is 0 Å². The summed E-state index contributed by atoms with van der Waals surface area (Å²) in [5.74, 6) is 0.730. The predicted octanol–water partition coefficient (Wildman–Crippen LogP) is 14.0. The first-order chi connectivity index (χ1) is 26.2. The summed E-state index contributed by atoms with van der Waals surface area (Å²) in [6.07, 6.45) is 0. The van der Waals surface area contributed by atoms with Crippen molar-refractivity contribution in [2.24, 2.45) is 0 Å². The molecule has 3 heteroatoms. The van der Waals surface area contributed by atoms with Crippen molar-refractivity contribution in [3.05, 3.63) is 194 Å². The predicted molar refractivity (Wildman–Crippen MR) is 225 cm³/mol. The largest absolute Gasteiger partial charge is 0.226 e. The Bertz CT molecular complexity index is 2940. The van der Waals surface area contributed by atoms with Crippen molar-refractivity contribution in [3.63, 3.8) is 0 Å². The third-order valence-corrected chi connectivity index (χ3v) is 11.2. The lowest BCUT2D eigenvalue weighted by Gasteiger charge is -2.14. The molecule has 0 aliphatic rings. The minimum Gasteiger partial charge on any atom is -0.226 e. The second-order valence-corrected chi connectivity index (χ2v) is 14.4. The first-order valence-corrected chi connectivity index (χ1v) is 18.7. The van der Waals surface area contributed by atoms with Crippen molar-refractivity contribution >= 4 is 42.4 Å². The van der Waals surface area contributed by atoms with Gasteiger partial charge in [0.25, 0.3) is 0 Å². The first-order valence-electron chi connectivity index (χ1n) is 17.9. The van der Waals surface area contributed by atoms with Gasteiger partial charge in [0.1, 0.15) is 0 Å². The molecule has 0 aliphatic heterocycles. The third kappa shape index (κ3) is 5.78. The van der Waals surface area contributed by atoms with Gasteiger partial charge in [-0.05, 0) is 91.7 Å². The molecule has 2 heterocycles. The maximum absolute atomic E-state index is 5.23. The smallest absolute Gasteiger partial charge is 0.160 e. The molecule has 8 aromatic carbocycles. The molecule has 0 saturated heterocycles. The van der Waals surface area contributed by atoms with E-state index in [1.165, 1.54) is 48.9 Å². The van der Waals surface area contributed by atoms with E-state index < -0.39 is 0 Å². The molecule has 2 nitrogen and oxygen atoms in total. The minimum atomic E-state index is 0.730. The van der Waals surface area contributed by atoms with Gasteiger partial charge >= 0.3 is 0 Å². The Hall–Kier alpha value is -6.68. The molecule has 53 heavy (non-hydrogen) atoms. The zero-order valence-corrected chi connectivity index (χ0v) is 29.6. The SMILES string of the molecule is c1ccc(-c2cc(-c3cccc(-c4cccc(-c5nc(-c6ccccc6)c6sc7ccccc7c6n5)c4)c3)cc(-c3cccc4ccccc34)c2)cc1. The van der Waals surface area contributed by atoms with Crippen LogP contribution in [0, 0.1) is 0 Å². The van der Waals surface area contributed by atoms with Crippen LogP contribution in [0.5, 0.6) is 0 Å². The van der Waals surface area contributed by atoms with Gasteiger partial charge in [0.15, 0.2) is 5.82 Å². The molecular formula is C50H32N2S. The fourth-order valence-electron chi connectivity index (χ4n) is 7.45. The fourth-order valence-corrected chi connectivity index (χ4v) is 8.61. The van der Waals surface area contributed by atoms with Crippen LogP contribution in [0.2, 0.25) is 0 Å². The van der Waals surface area contributed by atoms with E-state index in [1.807, 2.05) is 6.07 Å². The Balaban J connectivity index is 1.09. The number of hydrogen-bond donors (Lipinski definition) is 0. The molecule has 0 aliphatic carbocycles. The summed E-state index contributed by atoms with van der Waals surface area (Å²) in [6, 6.07) is 69.4. The van der Waals surface area contributed by atoms with Gasteiger partial charge in [-0.2, -0.15) is 0 Å². The van der Waals surface area contributed by atoms with Crippen LogP contribution in [-0.4, -0.2) is 9.97 Å². The molecule has 0 saturated carbocycles. The Kier molecular flexibility index (Phi) is 7.71. The van der Waals surface area contributed by atoms with Gasteiger partial charge < -0.3 is 0 Å². The molecule has 0 spiro atoms. The van der Waals surface area contributed by atoms with Gasteiger partial charge in [-0.15, -0.1) is 11.3 Å². The molecule has 10 rings (SSSR count). The van der Waals surface area contributed by atoms with Crippen LogP contribution >= 0.6 is 11.3 Å². The highest BCUT2D eigenvalue weighted by atomic mass is 32.1. The van der Waals surface area contributed by atoms with E-state index >= 15 is 0 Å². The second kappa shape index (κ2) is 13.1. The minimum absolute atomic E-state index is 0.730. The number of fused-ring (bicyclic) bond motifs is 4. The number of nitrogens with zero attached hydrogens (tertiary/aromatic N) is 2. The van der Waals surface area contributed by atoms with Gasteiger partial charge in [-0.25, -0.2) is 9.97 Å². The summed E-state index contributed by atoms with van der Waals surface area (Å²) < 4.78 is 2.34. The van der Waals surface area contributed by atoms with E-state index in [1.54, 1.807) is 11.3 Å². The number of benzene rings is 8. The molecule has 0 atom stereocenters. The first kappa shape index (κ1) is 31.1. The third-order valence-electron chi connectivity index (χ3n) is 10.1. The number of thiophene rings is 1. The second-order valence-electron chi connectivity index (χ2n) is 13.4. The summed E-state index contributed by atoms with van der Waals surface area (Å²) in [5, 5.41) is 3.66. The van der Waals surface area contributed by atoms with Gasteiger partial charge in [-0.1, -0.05) is 158 Å². The van der Waals surface area contributed by atoms with Crippen molar-refractivity contribution < 1.29 is 0 Å². The van der Waals surface area contributed by atoms with Crippen molar-refractivity contribution in [1.82, 2.24) is 9.97 Å². The van der Waals surface area contributed by atoms with E-state index in [0.717, 1.165) is 49.4 Å². The van der Waals surface area contributed by atoms with Gasteiger partial charge in [0.05, 0.1) is 15.9 Å². The van der Waals surface area contributed by atoms with Crippen LogP contribution < -0.4 is 0 Å². The molecule has 0 radical (unpaired) electrons. The standard InChI is InChI=1S/C50H32N2S/c1-3-14-33(15-4-1)40-30-41(32-42(31-40)44-26-13-19-34-16-7-8-24-43(34)44)38-22-11-20-36(28-38)37-21-12-23-39(29-37)50-51-47(35-17-5-2-6-18-35)49-48(52-50)45-25-9-10-27-46(45)53-49/h1-32H. The average molecular weight is 693 g/mol. The lowest BCUT2D eigenvalue weighted by Crippen LogP contribution is -1.94. The maximum Gasteiger partial charge on any atom is 0.160 e. The molecule has 10 aromatic rings. The quantitative estimate of drug-likeness (QED) is 0.173. The van der Waals surface area contributed by atoms with Crippen molar-refractivity contribution in [3.8, 4) is 67.2 Å². The van der Waals surface area contributed by atoms with E-state index in [9.17, 15) is 0 Å². The zero-order chi connectivity index (χ0) is 35.1. The molecule has 0 fully saturated rings. The van der Waals surface area contributed by atoms with Crippen molar-refractivity contribution in [2.75, 3.05) is 0 Å². The molecular weight excluding hydrogens is 661 g/mol. The summed E-state index contributed by atoms with van der Waals surface area (Å²) in [6.45, 7) is 0. The highest BCUT2D eigenvalue weighted by Gasteiger charge is 2.17. The van der Waals surface area contributed by atoms with Crippen LogP contribution in [0.1, 0.15) is 0 Å². The monoisotopic (exact) mass is 692 g/mol. The van der Waals surface area contributed by atoms with Crippen LogP contribution in [0.4, 0.5) is 0 Å². The Morgan fingerprint density at radius 3 is 1.62 bits per heavy atom. The molecule has 0 N–H and O–H groups in total. The Labute approximate surface area is 312 Å². The highest BCUT2D eigenvalue weighted by molar-refractivity contribution is 7.26. The lowest BCUT2D eigenvalue weighted by atomic mass is 9.90. The van der Waals surface area contributed by atoms with E-state index in [4.69, 9.17) is 9.97 Å². The average Bonchev–Trinajstić information content (AvgIpc) is 3.62. The maximum atomic E-state index is 5.23. The molecule has 0 bridgehead atoms. The summed E-state index contributed by atoms with van der Waals surface area (Å²) >= 11 is 1.76. The Morgan fingerprint density at radius 1 is 0.340 bits per heavy atom. The van der Waals surface area contributed by atoms with Gasteiger partial charge in [0.2, 0.25) is 0 Å². The van der Waals surface area contributed by atoms with Crippen LogP contribution in [0.15, 0.2) is 194 Å². The number of hydrogen-bond acceptors (Lipinski definition) is 3. The van der Waals surface area contributed by atoms with E-state index in [0.29, 0.717) is 0 Å². The van der Waals surface area contributed by atoms with Crippen molar-refractivity contribution in [1.29, 1.82) is 0 Å². The van der Waals surface area contributed by atoms with E-state index in [-0.39, 0.29) is 0 Å². The summed E-state index contributed by atoms with van der Waals surface area (Å²) in [7, 11) is 0. The molecule has 248 valence electrons. The summed E-state index contributed by atoms with van der Waals surface area (Å²) in [4.78, 5) is 10.5. The molecule has 0 amide bonds. The van der Waals surface area contributed by atoms with Crippen LogP contribution in [0.25, 0.3) is 98.2 Å². The normalized spacial score (nSPS) is 11.4. The van der Waals surface area contributed by atoms with Gasteiger partial charge in [0, 0.05) is 21.2 Å². The van der Waals surface area contributed by atoms with Crippen molar-refractivity contribution in [2.45, 2.75) is 0 Å². The van der Waals surface area contributed by atoms with Gasteiger partial charge in [-0.3, -0.25) is 0 Å². The Morgan fingerprint density at radius 2 is 0.849 bits per heavy atom. The topological polar surface area (TPSA) is 25.8 Å². The lowest BCUT2D eigenvalue weighted by molar-refractivity contribution is 1.24. The number of aromatic nitrogens is 2. The van der Waals surface area contributed by atoms with Crippen LogP contribution in [-0.2, 0) is 0 Å². The molecule has 2 aromatic heterocycles. The van der Waals surface area contributed by atoms with E-state index in [2.05, 4.69) is 188 Å². The highest BCUT2D eigenvalue weighted by Crippen LogP contribution is 2.40. The number of rotatable bonds is 6. The zero-order valence-electron chi connectivity index (χ0n) is 28.8. The fraction of sp³-hybridized carbons (Fsp3) is 0. The summed E-state index contributed by atoms with van der Waals surface area (Å²) in [5.41, 5.74) is 13.5.